The number of nitrogens with zero attached hydrogens (tertiary/aromatic N) is 2. The molecule has 1 saturated heterocycles. The number of aliphatic hydroxyl groups is 1. The third-order valence-electron chi connectivity index (χ3n) is 3.35. The highest BCUT2D eigenvalue weighted by Crippen LogP contribution is 2.11. The third kappa shape index (κ3) is 4.04. The van der Waals surface area contributed by atoms with E-state index in [1.165, 1.54) is 0 Å². The Labute approximate surface area is 115 Å². The molecule has 1 heterocycles. The highest BCUT2D eigenvalue weighted by atomic mass is 16.3. The predicted octanol–water partition coefficient (Wildman–Crippen LogP) is 1.40. The molecule has 0 amide bonds. The predicted molar refractivity (Wildman–Crippen MR) is 77.6 cm³/mol. The molecule has 1 aliphatic heterocycles. The van der Waals surface area contributed by atoms with Gasteiger partial charge in [0, 0.05) is 38.3 Å². The Morgan fingerprint density at radius 3 is 2.26 bits per heavy atom. The maximum Gasteiger partial charge on any atom is 0.128 e. The van der Waals surface area contributed by atoms with E-state index in [2.05, 4.69) is 9.80 Å². The minimum absolute atomic E-state index is 0.600. The highest BCUT2D eigenvalue weighted by molar-refractivity contribution is 5.96. The molecule has 1 aliphatic rings. The number of nitrogens with one attached hydrogen (secondary N) is 1. The van der Waals surface area contributed by atoms with E-state index in [9.17, 15) is 5.11 Å². The number of hydrogen-bond donors (Lipinski definition) is 2. The summed E-state index contributed by atoms with van der Waals surface area (Å²) >= 11 is 0. The van der Waals surface area contributed by atoms with Crippen molar-refractivity contribution in [2.45, 2.75) is 19.4 Å². The normalized spacial score (nSPS) is 17.5. The van der Waals surface area contributed by atoms with Gasteiger partial charge in [0.05, 0.1) is 5.60 Å². The Balaban J connectivity index is 1.88. The average Bonchev–Trinajstić information content (AvgIpc) is 2.38. The van der Waals surface area contributed by atoms with Gasteiger partial charge in [-0.15, -0.1) is 0 Å². The largest absolute Gasteiger partial charge is 0.389 e. The Bertz CT molecular complexity index is 417. The van der Waals surface area contributed by atoms with Gasteiger partial charge in [-0.25, -0.2) is 0 Å². The first-order chi connectivity index (χ1) is 8.96. The number of β-amino-alcohol motifs (C(OH)–C–C–N with tert-alkyl or cyclic N) is 1. The lowest BCUT2D eigenvalue weighted by atomic mass is 10.1. The summed E-state index contributed by atoms with van der Waals surface area (Å²) in [5.74, 6) is 0.600. The summed E-state index contributed by atoms with van der Waals surface area (Å²) in [6, 6.07) is 9.86. The van der Waals surface area contributed by atoms with Crippen molar-refractivity contribution in [1.29, 1.82) is 5.41 Å². The first kappa shape index (κ1) is 14.0. The van der Waals surface area contributed by atoms with Crippen molar-refractivity contribution < 1.29 is 5.11 Å². The van der Waals surface area contributed by atoms with Gasteiger partial charge in [0.25, 0.3) is 0 Å². The fourth-order valence-corrected chi connectivity index (χ4v) is 2.46. The van der Waals surface area contributed by atoms with E-state index in [4.69, 9.17) is 5.41 Å². The third-order valence-corrected chi connectivity index (χ3v) is 3.35. The molecule has 1 aromatic rings. The number of benzene rings is 1. The Morgan fingerprint density at radius 2 is 1.74 bits per heavy atom. The van der Waals surface area contributed by atoms with Gasteiger partial charge in [0.2, 0.25) is 0 Å². The van der Waals surface area contributed by atoms with E-state index in [1.54, 1.807) is 0 Å². The van der Waals surface area contributed by atoms with Crippen LogP contribution in [0.4, 0.5) is 0 Å². The van der Waals surface area contributed by atoms with Gasteiger partial charge in [0.1, 0.15) is 5.84 Å². The first-order valence-corrected chi connectivity index (χ1v) is 6.79. The van der Waals surface area contributed by atoms with Gasteiger partial charge in [-0.05, 0) is 13.8 Å². The van der Waals surface area contributed by atoms with Crippen LogP contribution in [0, 0.1) is 5.41 Å². The first-order valence-electron chi connectivity index (χ1n) is 6.79. The van der Waals surface area contributed by atoms with Crippen LogP contribution in [0.3, 0.4) is 0 Å². The minimum Gasteiger partial charge on any atom is -0.389 e. The van der Waals surface area contributed by atoms with Gasteiger partial charge in [0.15, 0.2) is 0 Å². The number of rotatable bonds is 3. The van der Waals surface area contributed by atoms with Crippen molar-refractivity contribution in [2.24, 2.45) is 0 Å². The fraction of sp³-hybridized carbons (Fsp3) is 0.533. The molecular weight excluding hydrogens is 238 g/mol. The molecule has 0 bridgehead atoms. The van der Waals surface area contributed by atoms with Crippen molar-refractivity contribution in [2.75, 3.05) is 32.7 Å². The van der Waals surface area contributed by atoms with Crippen molar-refractivity contribution in [3.8, 4) is 0 Å². The molecular formula is C15H23N3O. The molecule has 2 N–H and O–H groups in total. The maximum absolute atomic E-state index is 9.83. The number of piperazine rings is 1. The summed E-state index contributed by atoms with van der Waals surface area (Å²) in [7, 11) is 0. The van der Waals surface area contributed by atoms with E-state index < -0.39 is 5.60 Å². The molecule has 19 heavy (non-hydrogen) atoms. The zero-order valence-corrected chi connectivity index (χ0v) is 11.8. The van der Waals surface area contributed by atoms with Crippen LogP contribution in [-0.4, -0.2) is 59.1 Å². The monoisotopic (exact) mass is 261 g/mol. The summed E-state index contributed by atoms with van der Waals surface area (Å²) in [4.78, 5) is 4.37. The topological polar surface area (TPSA) is 50.6 Å². The van der Waals surface area contributed by atoms with E-state index >= 15 is 0 Å². The summed E-state index contributed by atoms with van der Waals surface area (Å²) in [5.41, 5.74) is 0.327. The molecule has 0 aliphatic carbocycles. The molecule has 104 valence electrons. The second-order valence-electron chi connectivity index (χ2n) is 5.79. The second kappa shape index (κ2) is 5.72. The van der Waals surface area contributed by atoms with Gasteiger partial charge in [-0.3, -0.25) is 10.3 Å². The van der Waals surface area contributed by atoms with E-state index in [0.29, 0.717) is 12.4 Å². The molecule has 0 atom stereocenters. The van der Waals surface area contributed by atoms with E-state index in [-0.39, 0.29) is 0 Å². The van der Waals surface area contributed by atoms with Crippen LogP contribution in [0.1, 0.15) is 19.4 Å². The van der Waals surface area contributed by atoms with Crippen LogP contribution >= 0.6 is 0 Å². The Kier molecular flexibility index (Phi) is 4.22. The molecule has 0 radical (unpaired) electrons. The number of hydrogen-bond acceptors (Lipinski definition) is 3. The SMILES string of the molecule is CC(C)(O)CN1CCN(C(=N)c2ccccc2)CC1. The molecule has 4 heteroatoms. The Hall–Kier alpha value is -1.39. The molecule has 0 spiro atoms. The molecule has 2 rings (SSSR count). The molecule has 0 saturated carbocycles. The van der Waals surface area contributed by atoms with Crippen LogP contribution in [-0.2, 0) is 0 Å². The van der Waals surface area contributed by atoms with Crippen LogP contribution in [0.5, 0.6) is 0 Å². The van der Waals surface area contributed by atoms with E-state index in [0.717, 1.165) is 31.7 Å². The summed E-state index contributed by atoms with van der Waals surface area (Å²) in [6.45, 7) is 7.88. The zero-order valence-electron chi connectivity index (χ0n) is 11.8. The molecule has 1 aromatic carbocycles. The van der Waals surface area contributed by atoms with E-state index in [1.807, 2.05) is 44.2 Å². The molecule has 4 nitrogen and oxygen atoms in total. The summed E-state index contributed by atoms with van der Waals surface area (Å²) in [6.07, 6.45) is 0. The van der Waals surface area contributed by atoms with Gasteiger partial charge in [-0.2, -0.15) is 0 Å². The highest BCUT2D eigenvalue weighted by Gasteiger charge is 2.23. The van der Waals surface area contributed by atoms with Gasteiger partial charge in [-0.1, -0.05) is 30.3 Å². The van der Waals surface area contributed by atoms with Crippen molar-refractivity contribution in [3.05, 3.63) is 35.9 Å². The molecule has 0 aromatic heterocycles. The fourth-order valence-electron chi connectivity index (χ4n) is 2.46. The minimum atomic E-state index is -0.644. The molecule has 0 unspecified atom stereocenters. The van der Waals surface area contributed by atoms with Crippen LogP contribution in [0.15, 0.2) is 30.3 Å². The van der Waals surface area contributed by atoms with Crippen LogP contribution < -0.4 is 0 Å². The van der Waals surface area contributed by atoms with Crippen molar-refractivity contribution in [1.82, 2.24) is 9.80 Å². The number of amidine groups is 1. The van der Waals surface area contributed by atoms with Crippen LogP contribution in [0.2, 0.25) is 0 Å². The standard InChI is InChI=1S/C15H23N3O/c1-15(2,19)12-17-8-10-18(11-9-17)14(16)13-6-4-3-5-7-13/h3-7,16,19H,8-12H2,1-2H3. The summed E-state index contributed by atoms with van der Waals surface area (Å²) in [5, 5.41) is 18.1. The lowest BCUT2D eigenvalue weighted by Crippen LogP contribution is -2.52. The smallest absolute Gasteiger partial charge is 0.128 e. The lowest BCUT2D eigenvalue weighted by Gasteiger charge is -2.38. The zero-order chi connectivity index (χ0) is 13.9. The van der Waals surface area contributed by atoms with Crippen LogP contribution in [0.25, 0.3) is 0 Å². The van der Waals surface area contributed by atoms with Crippen molar-refractivity contribution >= 4 is 5.84 Å². The van der Waals surface area contributed by atoms with Gasteiger partial charge < -0.3 is 10.0 Å². The molecule has 1 fully saturated rings. The van der Waals surface area contributed by atoms with Crippen molar-refractivity contribution in [3.63, 3.8) is 0 Å². The second-order valence-corrected chi connectivity index (χ2v) is 5.79. The van der Waals surface area contributed by atoms with Gasteiger partial charge >= 0.3 is 0 Å². The maximum atomic E-state index is 9.83. The summed E-state index contributed by atoms with van der Waals surface area (Å²) < 4.78 is 0. The quantitative estimate of drug-likeness (QED) is 0.639. The lowest BCUT2D eigenvalue weighted by molar-refractivity contribution is 0.0251. The Morgan fingerprint density at radius 1 is 1.16 bits per heavy atom. The average molecular weight is 261 g/mol.